The second-order valence-electron chi connectivity index (χ2n) is 4.47. The number of aryl methyl sites for hydroxylation is 1. The number of benzene rings is 1. The molecule has 5 heteroatoms. The molecule has 0 radical (unpaired) electrons. The van der Waals surface area contributed by atoms with E-state index in [1.807, 2.05) is 43.0 Å². The Morgan fingerprint density at radius 3 is 2.63 bits per heavy atom. The fourth-order valence-electron chi connectivity index (χ4n) is 1.82. The molecule has 0 saturated carbocycles. The average Bonchev–Trinajstić information content (AvgIpc) is 2.87. The van der Waals surface area contributed by atoms with Crippen LogP contribution in [-0.4, -0.2) is 39.8 Å². The molecule has 5 nitrogen and oxygen atoms in total. The summed E-state index contributed by atoms with van der Waals surface area (Å²) >= 11 is 0. The normalized spacial score (nSPS) is 11.2. The van der Waals surface area contributed by atoms with Crippen LogP contribution in [0.15, 0.2) is 28.8 Å². The minimum atomic E-state index is 0.132. The standard InChI is InChI=1S/C14H19N3O2/c1-3-17(8-9-18)10-13-15-14(16-19-13)12-6-4-11(2)5-7-12/h4-7,18H,3,8-10H2,1-2H3. The van der Waals surface area contributed by atoms with Crippen molar-refractivity contribution in [1.82, 2.24) is 15.0 Å². The van der Waals surface area contributed by atoms with E-state index in [0.717, 1.165) is 12.1 Å². The van der Waals surface area contributed by atoms with Gasteiger partial charge in [0.1, 0.15) is 0 Å². The van der Waals surface area contributed by atoms with E-state index in [4.69, 9.17) is 9.63 Å². The zero-order valence-electron chi connectivity index (χ0n) is 11.3. The maximum Gasteiger partial charge on any atom is 0.241 e. The summed E-state index contributed by atoms with van der Waals surface area (Å²) in [4.78, 5) is 6.43. The van der Waals surface area contributed by atoms with E-state index in [-0.39, 0.29) is 6.61 Å². The number of rotatable bonds is 6. The molecule has 1 N–H and O–H groups in total. The maximum absolute atomic E-state index is 8.95. The summed E-state index contributed by atoms with van der Waals surface area (Å²) in [7, 11) is 0. The van der Waals surface area contributed by atoms with E-state index in [9.17, 15) is 0 Å². The van der Waals surface area contributed by atoms with E-state index >= 15 is 0 Å². The molecule has 1 aromatic heterocycles. The summed E-state index contributed by atoms with van der Waals surface area (Å²) in [5, 5.41) is 12.9. The zero-order chi connectivity index (χ0) is 13.7. The molecule has 2 aromatic rings. The second kappa shape index (κ2) is 6.45. The van der Waals surface area contributed by atoms with E-state index in [2.05, 4.69) is 10.1 Å². The number of hydrogen-bond acceptors (Lipinski definition) is 5. The van der Waals surface area contributed by atoms with Crippen molar-refractivity contribution in [3.8, 4) is 11.4 Å². The predicted octanol–water partition coefficient (Wildman–Crippen LogP) is 1.86. The van der Waals surface area contributed by atoms with Crippen LogP contribution in [0, 0.1) is 6.92 Å². The Labute approximate surface area is 112 Å². The first-order valence-corrected chi connectivity index (χ1v) is 6.45. The number of nitrogens with zero attached hydrogens (tertiary/aromatic N) is 3. The lowest BCUT2D eigenvalue weighted by Gasteiger charge is -2.15. The number of likely N-dealkylation sites (N-methyl/N-ethyl adjacent to an activating group) is 1. The van der Waals surface area contributed by atoms with Crippen LogP contribution in [0.2, 0.25) is 0 Å². The van der Waals surface area contributed by atoms with Crippen molar-refractivity contribution < 1.29 is 9.63 Å². The minimum absolute atomic E-state index is 0.132. The Kier molecular flexibility index (Phi) is 4.65. The van der Waals surface area contributed by atoms with Crippen LogP contribution in [0.4, 0.5) is 0 Å². The molecule has 2 rings (SSSR count). The molecule has 0 unspecified atom stereocenters. The van der Waals surface area contributed by atoms with Gasteiger partial charge in [0.15, 0.2) is 0 Å². The van der Waals surface area contributed by atoms with Crippen molar-refractivity contribution in [2.45, 2.75) is 20.4 Å². The molecule has 0 bridgehead atoms. The second-order valence-corrected chi connectivity index (χ2v) is 4.47. The van der Waals surface area contributed by atoms with Gasteiger partial charge in [-0.05, 0) is 13.5 Å². The van der Waals surface area contributed by atoms with Gasteiger partial charge in [-0.25, -0.2) is 0 Å². The Morgan fingerprint density at radius 2 is 2.00 bits per heavy atom. The molecule has 0 amide bonds. The zero-order valence-corrected chi connectivity index (χ0v) is 11.3. The highest BCUT2D eigenvalue weighted by atomic mass is 16.5. The number of aromatic nitrogens is 2. The van der Waals surface area contributed by atoms with Crippen molar-refractivity contribution >= 4 is 0 Å². The van der Waals surface area contributed by atoms with Crippen molar-refractivity contribution in [2.75, 3.05) is 19.7 Å². The van der Waals surface area contributed by atoms with E-state index in [1.54, 1.807) is 0 Å². The highest BCUT2D eigenvalue weighted by molar-refractivity contribution is 5.54. The topological polar surface area (TPSA) is 62.4 Å². The maximum atomic E-state index is 8.95. The predicted molar refractivity (Wildman–Crippen MR) is 72.5 cm³/mol. The quantitative estimate of drug-likeness (QED) is 0.860. The molecule has 0 aliphatic rings. The lowest BCUT2D eigenvalue weighted by atomic mass is 10.1. The molecule has 0 saturated heterocycles. The van der Waals surface area contributed by atoms with E-state index < -0.39 is 0 Å². The monoisotopic (exact) mass is 261 g/mol. The highest BCUT2D eigenvalue weighted by Crippen LogP contribution is 2.16. The van der Waals surface area contributed by atoms with Gasteiger partial charge in [-0.15, -0.1) is 0 Å². The molecule has 102 valence electrons. The summed E-state index contributed by atoms with van der Waals surface area (Å²) in [6.07, 6.45) is 0. The van der Waals surface area contributed by atoms with E-state index in [0.29, 0.717) is 24.8 Å². The molecule has 1 aromatic carbocycles. The summed E-state index contributed by atoms with van der Waals surface area (Å²) in [5.74, 6) is 1.18. The van der Waals surface area contributed by atoms with Crippen LogP contribution >= 0.6 is 0 Å². The minimum Gasteiger partial charge on any atom is -0.395 e. The van der Waals surface area contributed by atoms with Gasteiger partial charge in [0.25, 0.3) is 0 Å². The first-order valence-electron chi connectivity index (χ1n) is 6.45. The molecule has 0 spiro atoms. The SMILES string of the molecule is CCN(CCO)Cc1nc(-c2ccc(C)cc2)no1. The van der Waals surface area contributed by atoms with Crippen LogP contribution in [-0.2, 0) is 6.54 Å². The van der Waals surface area contributed by atoms with Crippen LogP contribution in [0.5, 0.6) is 0 Å². The first-order chi connectivity index (χ1) is 9.22. The van der Waals surface area contributed by atoms with Gasteiger partial charge in [-0.1, -0.05) is 41.9 Å². The third-order valence-corrected chi connectivity index (χ3v) is 3.00. The molecular weight excluding hydrogens is 242 g/mol. The van der Waals surface area contributed by atoms with Crippen molar-refractivity contribution in [3.05, 3.63) is 35.7 Å². The molecule has 19 heavy (non-hydrogen) atoms. The molecule has 0 fully saturated rings. The molecule has 0 aliphatic heterocycles. The van der Waals surface area contributed by atoms with Crippen LogP contribution in [0.3, 0.4) is 0 Å². The van der Waals surface area contributed by atoms with E-state index in [1.165, 1.54) is 5.56 Å². The molecule has 1 heterocycles. The Balaban J connectivity index is 2.08. The molecular formula is C14H19N3O2. The lowest BCUT2D eigenvalue weighted by molar-refractivity contribution is 0.180. The van der Waals surface area contributed by atoms with Crippen molar-refractivity contribution in [1.29, 1.82) is 0 Å². The van der Waals surface area contributed by atoms with Crippen molar-refractivity contribution in [3.63, 3.8) is 0 Å². The smallest absolute Gasteiger partial charge is 0.241 e. The van der Waals surface area contributed by atoms with Crippen LogP contribution in [0.1, 0.15) is 18.4 Å². The lowest BCUT2D eigenvalue weighted by Crippen LogP contribution is -2.26. The molecule has 0 atom stereocenters. The van der Waals surface area contributed by atoms with Gasteiger partial charge < -0.3 is 9.63 Å². The van der Waals surface area contributed by atoms with Gasteiger partial charge in [-0.2, -0.15) is 4.98 Å². The Morgan fingerprint density at radius 1 is 1.26 bits per heavy atom. The fourth-order valence-corrected chi connectivity index (χ4v) is 1.82. The summed E-state index contributed by atoms with van der Waals surface area (Å²) in [5.41, 5.74) is 2.15. The summed E-state index contributed by atoms with van der Waals surface area (Å²) < 4.78 is 5.24. The van der Waals surface area contributed by atoms with Gasteiger partial charge >= 0.3 is 0 Å². The largest absolute Gasteiger partial charge is 0.395 e. The number of hydrogen-bond donors (Lipinski definition) is 1. The average molecular weight is 261 g/mol. The van der Waals surface area contributed by atoms with Gasteiger partial charge in [-0.3, -0.25) is 4.90 Å². The van der Waals surface area contributed by atoms with Gasteiger partial charge in [0.2, 0.25) is 11.7 Å². The van der Waals surface area contributed by atoms with Crippen LogP contribution in [0.25, 0.3) is 11.4 Å². The Bertz CT molecular complexity index is 508. The summed E-state index contributed by atoms with van der Waals surface area (Å²) in [6, 6.07) is 8.01. The first kappa shape index (κ1) is 13.7. The Hall–Kier alpha value is -1.72. The number of aliphatic hydroxyl groups is 1. The van der Waals surface area contributed by atoms with Gasteiger partial charge in [0, 0.05) is 12.1 Å². The third-order valence-electron chi connectivity index (χ3n) is 3.00. The third kappa shape index (κ3) is 3.62. The van der Waals surface area contributed by atoms with Crippen LogP contribution < -0.4 is 0 Å². The van der Waals surface area contributed by atoms with Gasteiger partial charge in [0.05, 0.1) is 13.2 Å². The molecule has 0 aliphatic carbocycles. The highest BCUT2D eigenvalue weighted by Gasteiger charge is 2.11. The van der Waals surface area contributed by atoms with Crippen molar-refractivity contribution in [2.24, 2.45) is 0 Å². The summed E-state index contributed by atoms with van der Waals surface area (Å²) in [6.45, 7) is 6.22. The fraction of sp³-hybridized carbons (Fsp3) is 0.429. The number of aliphatic hydroxyl groups excluding tert-OH is 1.